The number of nitrogens with zero attached hydrogens (tertiary/aromatic N) is 1. The number of esters is 3. The average molecular weight is 616 g/mol. The Morgan fingerprint density at radius 1 is 1.02 bits per heavy atom. The maximum atomic E-state index is 12.7. The van der Waals surface area contributed by atoms with Crippen molar-refractivity contribution in [2.24, 2.45) is 5.92 Å². The minimum Gasteiger partial charge on any atom is -0.493 e. The van der Waals surface area contributed by atoms with Crippen molar-refractivity contribution in [2.75, 3.05) is 27.8 Å². The van der Waals surface area contributed by atoms with Crippen LogP contribution in [0.25, 0.3) is 0 Å². The molecule has 11 atom stereocenters. The van der Waals surface area contributed by atoms with Crippen LogP contribution in [0.15, 0.2) is 24.3 Å². The van der Waals surface area contributed by atoms with Crippen molar-refractivity contribution in [2.45, 2.75) is 94.0 Å². The predicted molar refractivity (Wildman–Crippen MR) is 147 cm³/mol. The van der Waals surface area contributed by atoms with Crippen molar-refractivity contribution in [3.8, 4) is 11.5 Å². The number of carbonyl (C=O) groups excluding carboxylic acids is 3. The molecule has 1 aromatic rings. The standard InChI is InChI=1S/C31H37NO12/c1-14(33)38-23-24(39-15(2)34)26-29(41-25(23)28(35)37-6)44-30(3,43-26)42-20-10-8-17-18-13-16-7-9-19(36-5)22-21(16)31(17,27(20)40-22)11-12-32(18)4/h7-10,17-18,20,23-27,29H,11-13H2,1-6H3/t17-,18+,20-,23-,24-,25-,26+,27-,29+,30?,31-/m0/s1. The van der Waals surface area contributed by atoms with Crippen molar-refractivity contribution in [3.63, 3.8) is 0 Å². The van der Waals surface area contributed by atoms with Crippen molar-refractivity contribution in [1.82, 2.24) is 4.90 Å². The molecule has 3 saturated heterocycles. The molecule has 238 valence electrons. The van der Waals surface area contributed by atoms with Gasteiger partial charge in [-0.05, 0) is 38.1 Å². The number of ether oxygens (including phenoxy) is 9. The normalized spacial score (nSPS) is 41.2. The van der Waals surface area contributed by atoms with Gasteiger partial charge in [0.15, 0.2) is 42.2 Å². The number of carbonyl (C=O) groups is 3. The van der Waals surface area contributed by atoms with Gasteiger partial charge in [0.1, 0.15) is 12.2 Å². The van der Waals surface area contributed by atoms with Crippen molar-refractivity contribution < 1.29 is 57.0 Å². The number of hydrogen-bond acceptors (Lipinski definition) is 13. The highest BCUT2D eigenvalue weighted by Crippen LogP contribution is 2.63. The van der Waals surface area contributed by atoms with Gasteiger partial charge in [-0.3, -0.25) is 14.3 Å². The molecular weight excluding hydrogens is 578 g/mol. The van der Waals surface area contributed by atoms with Crippen LogP contribution in [0.3, 0.4) is 0 Å². The molecule has 3 fully saturated rings. The number of fused-ring (bicyclic) bond motifs is 1. The summed E-state index contributed by atoms with van der Waals surface area (Å²) in [6.07, 6.45) is -1.38. The van der Waals surface area contributed by atoms with Crippen LogP contribution in [0.4, 0.5) is 0 Å². The molecule has 0 N–H and O–H groups in total. The molecule has 13 nitrogen and oxygen atoms in total. The molecule has 7 rings (SSSR count). The fourth-order valence-corrected chi connectivity index (χ4v) is 8.24. The Morgan fingerprint density at radius 2 is 1.77 bits per heavy atom. The molecule has 0 amide bonds. The van der Waals surface area contributed by atoms with E-state index in [0.717, 1.165) is 25.1 Å². The zero-order valence-corrected chi connectivity index (χ0v) is 25.5. The van der Waals surface area contributed by atoms with E-state index in [4.69, 9.17) is 42.6 Å². The van der Waals surface area contributed by atoms with Gasteiger partial charge in [0.05, 0.1) is 14.2 Å². The molecule has 2 aliphatic carbocycles. The second-order valence-corrected chi connectivity index (χ2v) is 12.4. The number of rotatable bonds is 6. The van der Waals surface area contributed by atoms with Crippen molar-refractivity contribution in [3.05, 3.63) is 35.4 Å². The Hall–Kier alpha value is -3.23. The lowest BCUT2D eigenvalue weighted by molar-refractivity contribution is -0.360. The topological polar surface area (TPSA) is 138 Å². The largest absolute Gasteiger partial charge is 0.493 e. The Balaban J connectivity index is 1.21. The van der Waals surface area contributed by atoms with E-state index in [1.54, 1.807) is 14.0 Å². The first-order chi connectivity index (χ1) is 21.0. The number of likely N-dealkylation sites (N-methyl/N-ethyl adjacent to an activating group) is 1. The van der Waals surface area contributed by atoms with Crippen LogP contribution >= 0.6 is 0 Å². The van der Waals surface area contributed by atoms with E-state index in [1.807, 2.05) is 12.1 Å². The van der Waals surface area contributed by atoms with E-state index in [1.165, 1.54) is 32.1 Å². The highest BCUT2D eigenvalue weighted by atomic mass is 16.9. The molecule has 0 radical (unpaired) electrons. The van der Waals surface area contributed by atoms with Gasteiger partial charge in [-0.15, -0.1) is 0 Å². The van der Waals surface area contributed by atoms with Crippen molar-refractivity contribution in [1.29, 1.82) is 0 Å². The zero-order valence-electron chi connectivity index (χ0n) is 25.5. The van der Waals surface area contributed by atoms with Crippen LogP contribution in [0.1, 0.15) is 38.3 Å². The zero-order chi connectivity index (χ0) is 31.1. The van der Waals surface area contributed by atoms with E-state index >= 15 is 0 Å². The first kappa shape index (κ1) is 29.5. The minimum absolute atomic E-state index is 0.203. The molecule has 4 aliphatic heterocycles. The molecule has 0 aromatic heterocycles. The average Bonchev–Trinajstić information content (AvgIpc) is 3.50. The van der Waals surface area contributed by atoms with Crippen LogP contribution in [-0.2, 0) is 59.4 Å². The summed E-state index contributed by atoms with van der Waals surface area (Å²) in [6.45, 7) is 4.85. The van der Waals surface area contributed by atoms with Gasteiger partial charge in [0.2, 0.25) is 0 Å². The van der Waals surface area contributed by atoms with E-state index in [2.05, 4.69) is 24.1 Å². The molecule has 13 heteroatoms. The lowest BCUT2D eigenvalue weighted by atomic mass is 9.53. The number of methoxy groups -OCH3 is 2. The Kier molecular flexibility index (Phi) is 6.98. The van der Waals surface area contributed by atoms with Gasteiger partial charge in [-0.25, -0.2) is 4.79 Å². The summed E-state index contributed by atoms with van der Waals surface area (Å²) in [5.41, 5.74) is 2.09. The van der Waals surface area contributed by atoms with Gasteiger partial charge in [-0.2, -0.15) is 0 Å². The number of benzene rings is 1. The molecule has 44 heavy (non-hydrogen) atoms. The minimum atomic E-state index is -1.72. The van der Waals surface area contributed by atoms with Crippen LogP contribution in [0.5, 0.6) is 11.5 Å². The maximum absolute atomic E-state index is 12.7. The summed E-state index contributed by atoms with van der Waals surface area (Å²) in [5, 5.41) is 0. The van der Waals surface area contributed by atoms with E-state index < -0.39 is 66.8 Å². The van der Waals surface area contributed by atoms with E-state index in [9.17, 15) is 14.4 Å². The predicted octanol–water partition coefficient (Wildman–Crippen LogP) is 1.38. The van der Waals surface area contributed by atoms with E-state index in [0.29, 0.717) is 11.8 Å². The Labute approximate surface area is 254 Å². The third kappa shape index (κ3) is 4.27. The summed E-state index contributed by atoms with van der Waals surface area (Å²) in [5.74, 6) is -2.31. The molecule has 2 bridgehead atoms. The van der Waals surface area contributed by atoms with Gasteiger partial charge >= 0.3 is 17.9 Å². The Bertz CT molecular complexity index is 1410. The van der Waals surface area contributed by atoms with Gasteiger partial charge in [-0.1, -0.05) is 18.2 Å². The summed E-state index contributed by atoms with van der Waals surface area (Å²) in [7, 11) is 4.98. The lowest BCUT2D eigenvalue weighted by Gasteiger charge is -2.57. The first-order valence-corrected chi connectivity index (χ1v) is 14.9. The molecule has 1 unspecified atom stereocenters. The number of hydrogen-bond donors (Lipinski definition) is 0. The fraction of sp³-hybridized carbons (Fsp3) is 0.645. The quantitative estimate of drug-likeness (QED) is 0.259. The Morgan fingerprint density at radius 3 is 2.48 bits per heavy atom. The summed E-state index contributed by atoms with van der Waals surface area (Å²) in [6, 6.07) is 4.41. The fourth-order valence-electron chi connectivity index (χ4n) is 8.24. The maximum Gasteiger partial charge on any atom is 0.339 e. The first-order valence-electron chi connectivity index (χ1n) is 14.9. The van der Waals surface area contributed by atoms with Crippen molar-refractivity contribution >= 4 is 17.9 Å². The molecule has 4 heterocycles. The van der Waals surface area contributed by atoms with Gasteiger partial charge < -0.3 is 42.8 Å². The van der Waals surface area contributed by atoms with Gasteiger partial charge in [0, 0.05) is 43.7 Å². The third-order valence-electron chi connectivity index (χ3n) is 9.90. The highest BCUT2D eigenvalue weighted by molar-refractivity contribution is 5.77. The van der Waals surface area contributed by atoms with Crippen LogP contribution in [0, 0.1) is 5.92 Å². The van der Waals surface area contributed by atoms with Crippen LogP contribution in [0.2, 0.25) is 0 Å². The smallest absolute Gasteiger partial charge is 0.339 e. The second kappa shape index (κ2) is 10.4. The van der Waals surface area contributed by atoms with Crippen LogP contribution < -0.4 is 9.47 Å². The molecular formula is C31H37NO12. The number of likely N-dealkylation sites (tertiary alicyclic amines) is 1. The third-order valence-corrected chi connectivity index (χ3v) is 9.90. The molecule has 0 saturated carbocycles. The van der Waals surface area contributed by atoms with E-state index in [-0.39, 0.29) is 11.3 Å². The van der Waals surface area contributed by atoms with Gasteiger partial charge in [0.25, 0.3) is 5.97 Å². The molecule has 1 spiro atoms. The summed E-state index contributed by atoms with van der Waals surface area (Å²) < 4.78 is 53.3. The molecule has 6 aliphatic rings. The summed E-state index contributed by atoms with van der Waals surface area (Å²) in [4.78, 5) is 39.2. The second-order valence-electron chi connectivity index (χ2n) is 12.4. The molecule has 1 aromatic carbocycles. The lowest BCUT2D eigenvalue weighted by Crippen LogP contribution is -2.65. The summed E-state index contributed by atoms with van der Waals surface area (Å²) >= 11 is 0. The van der Waals surface area contributed by atoms with Crippen LogP contribution in [-0.4, -0.2) is 106 Å². The highest BCUT2D eigenvalue weighted by Gasteiger charge is 2.67. The monoisotopic (exact) mass is 615 g/mol. The number of piperidine rings is 1. The SMILES string of the molecule is COC(=O)[C@H]1O[C@@H]2OC(C)(O[C@H]3C=C[C@H]4[C@H]5Cc6ccc(OC)c7c6[C@@]4(CCN5C)[C@H]3O7)O[C@@H]2[C@@H](OC(C)=O)[C@@H]1OC(C)=O.